The number of rotatable bonds is 2. The molecule has 5 nitrogen and oxygen atoms in total. The van der Waals surface area contributed by atoms with Crippen molar-refractivity contribution in [3.05, 3.63) is 63.0 Å². The lowest BCUT2D eigenvalue weighted by Gasteiger charge is -2.07. The molecule has 1 aromatic carbocycles. The third-order valence-electron chi connectivity index (χ3n) is 2.74. The number of aryl methyl sites for hydroxylation is 2. The van der Waals surface area contributed by atoms with Gasteiger partial charge in [0.25, 0.3) is 5.69 Å². The van der Waals surface area contributed by atoms with E-state index in [-0.39, 0.29) is 5.69 Å². The number of nitrogens with zero attached hydrogens (tertiary/aromatic N) is 2. The van der Waals surface area contributed by atoms with Crippen LogP contribution >= 0.6 is 0 Å². The number of pyridine rings is 1. The zero-order chi connectivity index (χ0) is 13.3. The van der Waals surface area contributed by atoms with Crippen LogP contribution in [0.5, 0.6) is 0 Å². The Hall–Kier alpha value is -2.43. The highest BCUT2D eigenvalue weighted by molar-refractivity contribution is 5.59. The van der Waals surface area contributed by atoms with Gasteiger partial charge < -0.3 is 5.21 Å². The molecule has 0 spiro atoms. The molecule has 0 fully saturated rings. The van der Waals surface area contributed by atoms with Crippen LogP contribution in [-0.2, 0) is 0 Å². The average Bonchev–Trinajstić information content (AvgIpc) is 2.33. The first-order valence-electron chi connectivity index (χ1n) is 5.44. The Labute approximate surface area is 104 Å². The normalized spacial score (nSPS) is 10.3. The third-order valence-corrected chi connectivity index (χ3v) is 2.74. The maximum Gasteiger partial charge on any atom is 0.282 e. The lowest BCUT2D eigenvalue weighted by Crippen LogP contribution is -2.32. The monoisotopic (exact) mass is 244 g/mol. The molecule has 0 aliphatic carbocycles. The molecule has 0 N–H and O–H groups in total. The van der Waals surface area contributed by atoms with Gasteiger partial charge in [0.15, 0.2) is 5.69 Å². The maximum absolute atomic E-state index is 11.9. The molecule has 0 amide bonds. The van der Waals surface area contributed by atoms with Crippen LogP contribution in [0, 0.1) is 29.2 Å². The van der Waals surface area contributed by atoms with E-state index in [2.05, 4.69) is 0 Å². The van der Waals surface area contributed by atoms with E-state index < -0.39 is 4.92 Å². The van der Waals surface area contributed by atoms with Crippen LogP contribution in [0.4, 0.5) is 5.69 Å². The summed E-state index contributed by atoms with van der Waals surface area (Å²) in [5.74, 6) is 0. The summed E-state index contributed by atoms with van der Waals surface area (Å²) in [4.78, 5) is 10.3. The topological polar surface area (TPSA) is 70.1 Å². The molecule has 0 aliphatic heterocycles. The smallest absolute Gasteiger partial charge is 0.282 e. The SMILES string of the molecule is Cc1ccc(-c2cc([N+](=O)[O-])cc(C)[n+]2[O-])cc1. The van der Waals surface area contributed by atoms with Crippen molar-refractivity contribution < 1.29 is 9.65 Å². The van der Waals surface area contributed by atoms with Gasteiger partial charge in [0, 0.05) is 12.5 Å². The van der Waals surface area contributed by atoms with Crippen molar-refractivity contribution >= 4 is 5.69 Å². The Kier molecular flexibility index (Phi) is 2.97. The van der Waals surface area contributed by atoms with Gasteiger partial charge in [-0.1, -0.05) is 17.7 Å². The summed E-state index contributed by atoms with van der Waals surface area (Å²) in [5.41, 5.74) is 2.26. The van der Waals surface area contributed by atoms with E-state index in [4.69, 9.17) is 0 Å². The highest BCUT2D eigenvalue weighted by atomic mass is 16.6. The van der Waals surface area contributed by atoms with Gasteiger partial charge in [0.2, 0.25) is 5.69 Å². The van der Waals surface area contributed by atoms with Crippen LogP contribution in [0.1, 0.15) is 11.3 Å². The highest BCUT2D eigenvalue weighted by Crippen LogP contribution is 2.21. The van der Waals surface area contributed by atoms with Crippen molar-refractivity contribution in [3.8, 4) is 11.3 Å². The van der Waals surface area contributed by atoms with Crippen molar-refractivity contribution in [3.63, 3.8) is 0 Å². The van der Waals surface area contributed by atoms with Crippen molar-refractivity contribution in [1.29, 1.82) is 0 Å². The first kappa shape index (κ1) is 12.0. The first-order chi connectivity index (χ1) is 8.49. The van der Waals surface area contributed by atoms with E-state index in [1.54, 1.807) is 19.1 Å². The Morgan fingerprint density at radius 1 is 1.11 bits per heavy atom. The van der Waals surface area contributed by atoms with Gasteiger partial charge in [0.05, 0.1) is 17.1 Å². The Balaban J connectivity index is 2.62. The third kappa shape index (κ3) is 2.15. The molecule has 1 heterocycles. The largest absolute Gasteiger partial charge is 0.618 e. The average molecular weight is 244 g/mol. The molecule has 92 valence electrons. The zero-order valence-corrected chi connectivity index (χ0v) is 10.1. The number of hydrogen-bond acceptors (Lipinski definition) is 3. The molecule has 0 atom stereocenters. The second-order valence-corrected chi connectivity index (χ2v) is 4.16. The van der Waals surface area contributed by atoms with Gasteiger partial charge >= 0.3 is 0 Å². The molecule has 2 rings (SSSR count). The van der Waals surface area contributed by atoms with E-state index >= 15 is 0 Å². The van der Waals surface area contributed by atoms with Crippen LogP contribution < -0.4 is 4.73 Å². The standard InChI is InChI=1S/C13H12N2O3/c1-9-3-5-11(6-4-9)13-8-12(15(17)18)7-10(2)14(13)16/h3-8H,1-2H3. The minimum atomic E-state index is -0.495. The lowest BCUT2D eigenvalue weighted by atomic mass is 10.1. The minimum Gasteiger partial charge on any atom is -0.618 e. The molecule has 0 radical (unpaired) electrons. The number of aromatic nitrogens is 1. The summed E-state index contributed by atoms with van der Waals surface area (Å²) < 4.78 is 0.706. The summed E-state index contributed by atoms with van der Waals surface area (Å²) in [5, 5.41) is 22.7. The summed E-state index contributed by atoms with van der Waals surface area (Å²) >= 11 is 0. The molecule has 18 heavy (non-hydrogen) atoms. The fourth-order valence-electron chi connectivity index (χ4n) is 1.73. The van der Waals surface area contributed by atoms with E-state index in [1.807, 2.05) is 19.1 Å². The molecule has 0 saturated carbocycles. The van der Waals surface area contributed by atoms with Crippen LogP contribution in [0.3, 0.4) is 0 Å². The molecule has 0 bridgehead atoms. The molecule has 0 aliphatic rings. The minimum absolute atomic E-state index is 0.0739. The lowest BCUT2D eigenvalue weighted by molar-refractivity contribution is -0.601. The van der Waals surface area contributed by atoms with Crippen LogP contribution in [0.2, 0.25) is 0 Å². The second-order valence-electron chi connectivity index (χ2n) is 4.16. The van der Waals surface area contributed by atoms with Gasteiger partial charge in [-0.3, -0.25) is 10.1 Å². The zero-order valence-electron chi connectivity index (χ0n) is 10.1. The van der Waals surface area contributed by atoms with Gasteiger partial charge in [-0.15, -0.1) is 0 Å². The predicted molar refractivity (Wildman–Crippen MR) is 67.0 cm³/mol. The Morgan fingerprint density at radius 2 is 1.72 bits per heavy atom. The highest BCUT2D eigenvalue weighted by Gasteiger charge is 2.18. The molecular formula is C13H12N2O3. The number of benzene rings is 1. The van der Waals surface area contributed by atoms with Crippen molar-refractivity contribution in [2.24, 2.45) is 0 Å². The molecular weight excluding hydrogens is 232 g/mol. The first-order valence-corrected chi connectivity index (χ1v) is 5.44. The van der Waals surface area contributed by atoms with Crippen LogP contribution in [-0.4, -0.2) is 4.92 Å². The fraction of sp³-hybridized carbons (Fsp3) is 0.154. The summed E-state index contributed by atoms with van der Waals surface area (Å²) in [6, 6.07) is 9.85. The van der Waals surface area contributed by atoms with E-state index in [9.17, 15) is 15.3 Å². The second kappa shape index (κ2) is 4.44. The van der Waals surface area contributed by atoms with Gasteiger partial charge in [0.1, 0.15) is 0 Å². The number of nitro groups is 1. The molecule has 2 aromatic rings. The maximum atomic E-state index is 11.9. The Morgan fingerprint density at radius 3 is 2.28 bits per heavy atom. The van der Waals surface area contributed by atoms with Crippen molar-refractivity contribution in [2.45, 2.75) is 13.8 Å². The molecule has 0 unspecified atom stereocenters. The van der Waals surface area contributed by atoms with Crippen LogP contribution in [0.25, 0.3) is 11.3 Å². The number of hydrogen-bond donors (Lipinski definition) is 0. The van der Waals surface area contributed by atoms with E-state index in [1.165, 1.54) is 12.1 Å². The summed E-state index contributed by atoms with van der Waals surface area (Å²) in [6.07, 6.45) is 0. The van der Waals surface area contributed by atoms with E-state index in [0.29, 0.717) is 21.7 Å². The van der Waals surface area contributed by atoms with E-state index in [0.717, 1.165) is 5.56 Å². The van der Waals surface area contributed by atoms with Gasteiger partial charge in [-0.25, -0.2) is 0 Å². The van der Waals surface area contributed by atoms with Gasteiger partial charge in [-0.2, -0.15) is 4.73 Å². The van der Waals surface area contributed by atoms with Crippen molar-refractivity contribution in [1.82, 2.24) is 0 Å². The predicted octanol–water partition coefficient (Wildman–Crippen LogP) is 2.51. The Bertz CT molecular complexity index is 606. The fourth-order valence-corrected chi connectivity index (χ4v) is 1.73. The quantitative estimate of drug-likeness (QED) is 0.352. The van der Waals surface area contributed by atoms with Gasteiger partial charge in [-0.05, 0) is 19.1 Å². The molecule has 0 saturated heterocycles. The summed E-state index contributed by atoms with van der Waals surface area (Å²) in [7, 11) is 0. The van der Waals surface area contributed by atoms with Crippen molar-refractivity contribution in [2.75, 3.05) is 0 Å². The molecule has 5 heteroatoms. The summed E-state index contributed by atoms with van der Waals surface area (Å²) in [6.45, 7) is 3.49. The van der Waals surface area contributed by atoms with Crippen LogP contribution in [0.15, 0.2) is 36.4 Å². The molecule has 1 aromatic heterocycles.